The minimum atomic E-state index is -0.229. The van der Waals surface area contributed by atoms with Crippen LogP contribution in [0.15, 0.2) is 24.3 Å². The third-order valence-electron chi connectivity index (χ3n) is 2.77. The number of epoxide rings is 1. The molecule has 1 fully saturated rings. The van der Waals surface area contributed by atoms with Crippen LogP contribution in [0.2, 0.25) is 0 Å². The Labute approximate surface area is 83.4 Å². The summed E-state index contributed by atoms with van der Waals surface area (Å²) in [5, 5.41) is 0. The van der Waals surface area contributed by atoms with Crippen molar-refractivity contribution in [3.05, 3.63) is 24.3 Å². The Bertz CT molecular complexity index is 293. The lowest BCUT2D eigenvalue weighted by molar-refractivity contribution is -0.136. The number of rotatable bonds is 3. The Morgan fingerprint density at radius 1 is 1.86 bits per heavy atom. The number of carbonyl (C=O) groups is 1. The van der Waals surface area contributed by atoms with E-state index in [-0.39, 0.29) is 12.1 Å². The third-order valence-corrected chi connectivity index (χ3v) is 2.77. The molecule has 3 nitrogen and oxygen atoms in total. The Kier molecular flexibility index (Phi) is 2.42. The molecule has 14 heavy (non-hydrogen) atoms. The van der Waals surface area contributed by atoms with Crippen molar-refractivity contribution in [3.8, 4) is 0 Å². The predicted molar refractivity (Wildman–Crippen MR) is 51.7 cm³/mol. The van der Waals surface area contributed by atoms with E-state index >= 15 is 0 Å². The maximum atomic E-state index is 11.3. The first-order valence-corrected chi connectivity index (χ1v) is 4.81. The summed E-state index contributed by atoms with van der Waals surface area (Å²) >= 11 is 0. The lowest BCUT2D eigenvalue weighted by atomic mass is 9.88. The van der Waals surface area contributed by atoms with Gasteiger partial charge < -0.3 is 9.47 Å². The van der Waals surface area contributed by atoms with E-state index in [0.717, 1.165) is 12.0 Å². The summed E-state index contributed by atoms with van der Waals surface area (Å²) < 4.78 is 10.2. The highest BCUT2D eigenvalue weighted by atomic mass is 16.6. The van der Waals surface area contributed by atoms with Gasteiger partial charge in [0.05, 0.1) is 19.3 Å². The summed E-state index contributed by atoms with van der Waals surface area (Å²) in [6, 6.07) is 0. The second-order valence-electron chi connectivity index (χ2n) is 3.71. The molecule has 0 bridgehead atoms. The molecule has 76 valence electrons. The fourth-order valence-electron chi connectivity index (χ4n) is 2.01. The molecule has 2 rings (SSSR count). The molecule has 1 heterocycles. The average molecular weight is 194 g/mol. The van der Waals surface area contributed by atoms with Gasteiger partial charge in [-0.1, -0.05) is 12.2 Å². The van der Waals surface area contributed by atoms with Crippen molar-refractivity contribution in [2.75, 3.05) is 7.11 Å². The Balaban J connectivity index is 2.10. The molecule has 0 saturated carbocycles. The molecule has 0 aromatic carbocycles. The maximum absolute atomic E-state index is 11.3. The zero-order valence-electron chi connectivity index (χ0n) is 8.23. The van der Waals surface area contributed by atoms with Gasteiger partial charge in [-0.05, 0) is 6.42 Å². The summed E-state index contributed by atoms with van der Waals surface area (Å²) in [4.78, 5) is 11.3. The van der Waals surface area contributed by atoms with Crippen LogP contribution < -0.4 is 0 Å². The van der Waals surface area contributed by atoms with Crippen molar-refractivity contribution >= 4 is 5.97 Å². The Morgan fingerprint density at radius 2 is 2.64 bits per heavy atom. The zero-order valence-corrected chi connectivity index (χ0v) is 8.23. The lowest BCUT2D eigenvalue weighted by Crippen LogP contribution is -2.18. The molecule has 1 saturated heterocycles. The van der Waals surface area contributed by atoms with Crippen LogP contribution in [-0.2, 0) is 14.3 Å². The van der Waals surface area contributed by atoms with Crippen LogP contribution in [0.25, 0.3) is 0 Å². The fraction of sp³-hybridized carbons (Fsp3) is 0.545. The molecular formula is C11H14O3. The van der Waals surface area contributed by atoms with Gasteiger partial charge >= 0.3 is 5.97 Å². The lowest BCUT2D eigenvalue weighted by Gasteiger charge is -2.14. The topological polar surface area (TPSA) is 38.8 Å². The summed E-state index contributed by atoms with van der Waals surface area (Å²) in [6.07, 6.45) is 5.94. The minimum absolute atomic E-state index is 0.229. The highest BCUT2D eigenvalue weighted by molar-refractivity contribution is 5.88. The van der Waals surface area contributed by atoms with E-state index in [0.29, 0.717) is 18.4 Å². The number of ether oxygens (including phenoxy) is 2. The molecule has 1 aliphatic carbocycles. The van der Waals surface area contributed by atoms with Gasteiger partial charge in [0.1, 0.15) is 0 Å². The van der Waals surface area contributed by atoms with Crippen molar-refractivity contribution in [2.45, 2.75) is 25.0 Å². The summed E-state index contributed by atoms with van der Waals surface area (Å²) in [5.41, 5.74) is 0.748. The number of methoxy groups -OCH3 is 1. The molecule has 0 unspecified atom stereocenters. The molecule has 3 heteroatoms. The van der Waals surface area contributed by atoms with E-state index < -0.39 is 0 Å². The Hall–Kier alpha value is -1.09. The van der Waals surface area contributed by atoms with E-state index in [1.807, 2.05) is 12.2 Å². The van der Waals surface area contributed by atoms with Crippen LogP contribution in [0, 0.1) is 5.92 Å². The van der Waals surface area contributed by atoms with Crippen molar-refractivity contribution in [2.24, 2.45) is 5.92 Å². The summed E-state index contributed by atoms with van der Waals surface area (Å²) in [7, 11) is 1.41. The third kappa shape index (κ3) is 1.60. The number of esters is 1. The van der Waals surface area contributed by atoms with Gasteiger partial charge in [0.25, 0.3) is 0 Å². The first-order chi connectivity index (χ1) is 6.76. The quantitative estimate of drug-likeness (QED) is 0.388. The largest absolute Gasteiger partial charge is 0.466 e. The number of carbonyl (C=O) groups excluding carboxylic acids is 1. The first kappa shape index (κ1) is 9.46. The monoisotopic (exact) mass is 194 g/mol. The van der Waals surface area contributed by atoms with Crippen LogP contribution in [0.3, 0.4) is 0 Å². The number of hydrogen-bond acceptors (Lipinski definition) is 3. The SMILES string of the molecule is C=CC[C@H]1C=C(C(=O)OC)C[C@H]2O[C@@H]12. The van der Waals surface area contributed by atoms with Crippen molar-refractivity contribution in [1.82, 2.24) is 0 Å². The molecule has 0 aromatic rings. The molecule has 2 aliphatic rings. The second kappa shape index (κ2) is 3.58. The molecule has 3 atom stereocenters. The standard InChI is InChI=1S/C11H14O3/c1-3-4-7-5-8(11(12)13-2)6-9-10(7)14-9/h3,5,7,9-10H,1,4,6H2,2H3/t7-,9+,10-/m0/s1. The zero-order chi connectivity index (χ0) is 10.1. The maximum Gasteiger partial charge on any atom is 0.333 e. The second-order valence-corrected chi connectivity index (χ2v) is 3.71. The van der Waals surface area contributed by atoms with Gasteiger partial charge in [-0.25, -0.2) is 4.79 Å². The first-order valence-electron chi connectivity index (χ1n) is 4.81. The van der Waals surface area contributed by atoms with E-state index in [1.165, 1.54) is 7.11 Å². The summed E-state index contributed by atoms with van der Waals surface area (Å²) in [5.74, 6) is 0.0772. The molecule has 1 aliphatic heterocycles. The van der Waals surface area contributed by atoms with Crippen LogP contribution in [-0.4, -0.2) is 25.3 Å². The van der Waals surface area contributed by atoms with Crippen LogP contribution in [0.4, 0.5) is 0 Å². The van der Waals surface area contributed by atoms with Crippen LogP contribution in [0.5, 0.6) is 0 Å². The van der Waals surface area contributed by atoms with Gasteiger partial charge in [-0.3, -0.25) is 0 Å². The Morgan fingerprint density at radius 3 is 3.29 bits per heavy atom. The fourth-order valence-corrected chi connectivity index (χ4v) is 2.01. The van der Waals surface area contributed by atoms with Crippen molar-refractivity contribution in [3.63, 3.8) is 0 Å². The molecule has 0 spiro atoms. The van der Waals surface area contributed by atoms with E-state index in [9.17, 15) is 4.79 Å². The van der Waals surface area contributed by atoms with Gasteiger partial charge in [-0.2, -0.15) is 0 Å². The van der Waals surface area contributed by atoms with Crippen LogP contribution >= 0.6 is 0 Å². The number of fused-ring (bicyclic) bond motifs is 1. The highest BCUT2D eigenvalue weighted by Crippen LogP contribution is 2.41. The molecule has 0 radical (unpaired) electrons. The average Bonchev–Trinajstić information content (AvgIpc) is 2.96. The number of hydrogen-bond donors (Lipinski definition) is 0. The van der Waals surface area contributed by atoms with Gasteiger partial charge in [0, 0.05) is 17.9 Å². The highest BCUT2D eigenvalue weighted by Gasteiger charge is 2.47. The van der Waals surface area contributed by atoms with Crippen molar-refractivity contribution in [1.29, 1.82) is 0 Å². The van der Waals surface area contributed by atoms with E-state index in [1.54, 1.807) is 0 Å². The molecule has 0 N–H and O–H groups in total. The normalized spacial score (nSPS) is 34.1. The summed E-state index contributed by atoms with van der Waals surface area (Å²) in [6.45, 7) is 3.70. The minimum Gasteiger partial charge on any atom is -0.466 e. The molecule has 0 amide bonds. The number of allylic oxidation sites excluding steroid dienone is 1. The van der Waals surface area contributed by atoms with Crippen LogP contribution in [0.1, 0.15) is 12.8 Å². The van der Waals surface area contributed by atoms with Gasteiger partial charge in [-0.15, -0.1) is 6.58 Å². The molecule has 0 aromatic heterocycles. The van der Waals surface area contributed by atoms with E-state index in [2.05, 4.69) is 6.58 Å². The predicted octanol–water partition coefficient (Wildman–Crippen LogP) is 1.45. The smallest absolute Gasteiger partial charge is 0.333 e. The van der Waals surface area contributed by atoms with Crippen molar-refractivity contribution < 1.29 is 14.3 Å². The van der Waals surface area contributed by atoms with Gasteiger partial charge in [0.15, 0.2) is 0 Å². The molecular weight excluding hydrogens is 180 g/mol. The van der Waals surface area contributed by atoms with E-state index in [4.69, 9.17) is 9.47 Å². The van der Waals surface area contributed by atoms with Gasteiger partial charge in [0.2, 0.25) is 0 Å².